The smallest absolute Gasteiger partial charge is 0.248 e. The molecule has 0 aliphatic heterocycles. The number of hydrogen-bond donors (Lipinski definition) is 0. The van der Waals surface area contributed by atoms with Crippen molar-refractivity contribution in [1.29, 1.82) is 5.26 Å². The molecular formula is C17H19F2NO. The molecule has 0 saturated heterocycles. The molecule has 1 fully saturated rings. The van der Waals surface area contributed by atoms with Crippen LogP contribution in [0.3, 0.4) is 0 Å². The van der Waals surface area contributed by atoms with Crippen molar-refractivity contribution in [3.8, 4) is 6.07 Å². The fraction of sp³-hybridized carbons (Fsp3) is 0.529. The average molecular weight is 291 g/mol. The molecule has 2 rings (SSSR count). The maximum atomic E-state index is 13.2. The zero-order valence-electron chi connectivity index (χ0n) is 12.3. The Kier molecular flexibility index (Phi) is 4.41. The molecular weight excluding hydrogens is 272 g/mol. The number of alkyl halides is 2. The lowest BCUT2D eigenvalue weighted by molar-refractivity contribution is -0.127. The van der Waals surface area contributed by atoms with Crippen LogP contribution in [0, 0.1) is 31.1 Å². The molecule has 1 aliphatic carbocycles. The van der Waals surface area contributed by atoms with Crippen LogP contribution in [0.5, 0.6) is 0 Å². The van der Waals surface area contributed by atoms with Crippen LogP contribution in [0.4, 0.5) is 8.78 Å². The van der Waals surface area contributed by atoms with Crippen LogP contribution in [0.15, 0.2) is 18.2 Å². The van der Waals surface area contributed by atoms with Gasteiger partial charge in [0, 0.05) is 18.8 Å². The number of rotatable bonds is 3. The maximum Gasteiger partial charge on any atom is 0.248 e. The predicted octanol–water partition coefficient (Wildman–Crippen LogP) is 4.31. The van der Waals surface area contributed by atoms with E-state index in [4.69, 9.17) is 0 Å². The van der Waals surface area contributed by atoms with Gasteiger partial charge in [0.2, 0.25) is 5.92 Å². The minimum absolute atomic E-state index is 0.175. The highest BCUT2D eigenvalue weighted by Gasteiger charge is 2.39. The highest BCUT2D eigenvalue weighted by Crippen LogP contribution is 2.38. The molecule has 1 aromatic carbocycles. The van der Waals surface area contributed by atoms with Gasteiger partial charge < -0.3 is 0 Å². The van der Waals surface area contributed by atoms with Gasteiger partial charge in [-0.05, 0) is 43.4 Å². The quantitative estimate of drug-likeness (QED) is 0.832. The molecule has 21 heavy (non-hydrogen) atoms. The number of nitriles is 1. The van der Waals surface area contributed by atoms with Gasteiger partial charge in [-0.2, -0.15) is 5.26 Å². The van der Waals surface area contributed by atoms with E-state index in [1.54, 1.807) is 6.07 Å². The Balaban J connectivity index is 2.16. The number of benzene rings is 1. The van der Waals surface area contributed by atoms with Crippen LogP contribution in [-0.2, 0) is 4.79 Å². The molecule has 0 aromatic heterocycles. The molecule has 1 saturated carbocycles. The van der Waals surface area contributed by atoms with Crippen molar-refractivity contribution < 1.29 is 13.6 Å². The van der Waals surface area contributed by atoms with Gasteiger partial charge >= 0.3 is 0 Å². The van der Waals surface area contributed by atoms with Crippen LogP contribution < -0.4 is 0 Å². The van der Waals surface area contributed by atoms with Crippen molar-refractivity contribution in [2.45, 2.75) is 51.4 Å². The summed E-state index contributed by atoms with van der Waals surface area (Å²) in [6.07, 6.45) is -0.160. The summed E-state index contributed by atoms with van der Waals surface area (Å²) in [5.41, 5.74) is 2.79. The van der Waals surface area contributed by atoms with Crippen LogP contribution in [0.25, 0.3) is 0 Å². The molecule has 0 bridgehead atoms. The van der Waals surface area contributed by atoms with Gasteiger partial charge in [0.25, 0.3) is 0 Å². The normalized spacial score (nSPS) is 19.8. The van der Waals surface area contributed by atoms with E-state index in [0.29, 0.717) is 5.56 Å². The summed E-state index contributed by atoms with van der Waals surface area (Å²) < 4.78 is 26.3. The topological polar surface area (TPSA) is 40.9 Å². The minimum Gasteiger partial charge on any atom is -0.298 e. The number of ketones is 1. The van der Waals surface area contributed by atoms with Crippen LogP contribution in [0.1, 0.15) is 48.3 Å². The van der Waals surface area contributed by atoms with Crippen molar-refractivity contribution in [3.63, 3.8) is 0 Å². The van der Waals surface area contributed by atoms with E-state index in [2.05, 4.69) is 0 Å². The Morgan fingerprint density at radius 1 is 1.29 bits per heavy atom. The van der Waals surface area contributed by atoms with Crippen molar-refractivity contribution in [2.75, 3.05) is 0 Å². The summed E-state index contributed by atoms with van der Waals surface area (Å²) in [5.74, 6) is -4.13. The first-order valence-electron chi connectivity index (χ1n) is 7.22. The first kappa shape index (κ1) is 15.6. The van der Waals surface area contributed by atoms with E-state index in [1.807, 2.05) is 32.0 Å². The Hall–Kier alpha value is -1.76. The Morgan fingerprint density at radius 2 is 1.90 bits per heavy atom. The molecule has 1 atom stereocenters. The van der Waals surface area contributed by atoms with Crippen molar-refractivity contribution in [3.05, 3.63) is 34.9 Å². The van der Waals surface area contributed by atoms with E-state index < -0.39 is 17.8 Å². The molecule has 1 aromatic rings. The lowest BCUT2D eigenvalue weighted by atomic mass is 9.78. The molecule has 0 amide bonds. The summed E-state index contributed by atoms with van der Waals surface area (Å²) in [5, 5.41) is 9.32. The number of nitrogens with zero attached hydrogens (tertiary/aromatic N) is 1. The largest absolute Gasteiger partial charge is 0.298 e. The van der Waals surface area contributed by atoms with E-state index in [1.165, 1.54) is 0 Å². The molecule has 4 heteroatoms. The number of carbonyl (C=O) groups excluding carboxylic acids is 1. The SMILES string of the molecule is Cc1ccc(C(C#N)C(=O)C2CCC(F)(F)CC2)cc1C. The minimum atomic E-state index is -2.65. The Morgan fingerprint density at radius 3 is 2.43 bits per heavy atom. The Labute approximate surface area is 123 Å². The zero-order valence-corrected chi connectivity index (χ0v) is 12.3. The third kappa shape index (κ3) is 3.47. The van der Waals surface area contributed by atoms with Crippen LogP contribution in [0.2, 0.25) is 0 Å². The third-order valence-electron chi connectivity index (χ3n) is 4.40. The third-order valence-corrected chi connectivity index (χ3v) is 4.40. The second kappa shape index (κ2) is 5.93. The summed E-state index contributed by atoms with van der Waals surface area (Å²) in [7, 11) is 0. The number of Topliss-reactive ketones (excluding diaryl/α,β-unsaturated/α-hetero) is 1. The zero-order chi connectivity index (χ0) is 15.6. The fourth-order valence-electron chi connectivity index (χ4n) is 2.81. The fourth-order valence-corrected chi connectivity index (χ4v) is 2.81. The second-order valence-corrected chi connectivity index (χ2v) is 5.94. The van der Waals surface area contributed by atoms with Crippen LogP contribution in [-0.4, -0.2) is 11.7 Å². The number of aryl methyl sites for hydroxylation is 2. The summed E-state index contributed by atoms with van der Waals surface area (Å²) in [6.45, 7) is 3.89. The van der Waals surface area contributed by atoms with Crippen molar-refractivity contribution in [1.82, 2.24) is 0 Å². The first-order valence-corrected chi connectivity index (χ1v) is 7.22. The lowest BCUT2D eigenvalue weighted by Gasteiger charge is -2.28. The van der Waals surface area contributed by atoms with Gasteiger partial charge in [0.1, 0.15) is 5.92 Å². The van der Waals surface area contributed by atoms with Crippen LogP contribution >= 0.6 is 0 Å². The molecule has 1 unspecified atom stereocenters. The molecule has 0 spiro atoms. The number of carbonyl (C=O) groups is 1. The number of hydrogen-bond acceptors (Lipinski definition) is 2. The van der Waals surface area contributed by atoms with Gasteiger partial charge in [-0.15, -0.1) is 0 Å². The van der Waals surface area contributed by atoms with Gasteiger partial charge in [0.15, 0.2) is 5.78 Å². The van der Waals surface area contributed by atoms with E-state index >= 15 is 0 Å². The number of halogens is 2. The molecule has 0 radical (unpaired) electrons. The molecule has 0 N–H and O–H groups in total. The van der Waals surface area contributed by atoms with Gasteiger partial charge in [-0.3, -0.25) is 4.79 Å². The van der Waals surface area contributed by atoms with Gasteiger partial charge in [0.05, 0.1) is 6.07 Å². The lowest BCUT2D eigenvalue weighted by Crippen LogP contribution is -2.31. The highest BCUT2D eigenvalue weighted by molar-refractivity contribution is 5.90. The first-order chi connectivity index (χ1) is 9.84. The van der Waals surface area contributed by atoms with E-state index in [-0.39, 0.29) is 31.5 Å². The summed E-state index contributed by atoms with van der Waals surface area (Å²) in [4.78, 5) is 12.5. The Bertz CT molecular complexity index is 579. The average Bonchev–Trinajstić information content (AvgIpc) is 2.43. The van der Waals surface area contributed by atoms with Crippen molar-refractivity contribution in [2.24, 2.45) is 5.92 Å². The predicted molar refractivity (Wildman–Crippen MR) is 76.2 cm³/mol. The van der Waals surface area contributed by atoms with Crippen molar-refractivity contribution >= 4 is 5.78 Å². The molecule has 2 nitrogen and oxygen atoms in total. The van der Waals surface area contributed by atoms with E-state index in [9.17, 15) is 18.8 Å². The maximum absolute atomic E-state index is 13.2. The molecule has 1 aliphatic rings. The highest BCUT2D eigenvalue weighted by atomic mass is 19.3. The molecule has 0 heterocycles. The monoisotopic (exact) mass is 291 g/mol. The summed E-state index contributed by atoms with van der Waals surface area (Å²) >= 11 is 0. The van der Waals surface area contributed by atoms with E-state index in [0.717, 1.165) is 11.1 Å². The second-order valence-electron chi connectivity index (χ2n) is 5.94. The molecule has 112 valence electrons. The standard InChI is InChI=1S/C17H19F2NO/c1-11-3-4-14(9-12(11)2)15(10-20)16(21)13-5-7-17(18,19)8-6-13/h3-4,9,13,15H,5-8H2,1-2H3. The summed E-state index contributed by atoms with van der Waals surface area (Å²) in [6, 6.07) is 7.56. The van der Waals surface area contributed by atoms with Gasteiger partial charge in [-0.1, -0.05) is 18.2 Å². The van der Waals surface area contributed by atoms with Gasteiger partial charge in [-0.25, -0.2) is 8.78 Å².